The van der Waals surface area contributed by atoms with E-state index in [0.29, 0.717) is 5.75 Å². The quantitative estimate of drug-likeness (QED) is 0.637. The number of carbonyl (C=O) groups is 1. The molecule has 0 amide bonds. The molecular weight excluding hydrogens is 315 g/mol. The molecule has 0 heterocycles. The van der Waals surface area contributed by atoms with Crippen molar-refractivity contribution in [1.82, 2.24) is 0 Å². The summed E-state index contributed by atoms with van der Waals surface area (Å²) in [7, 11) is 0. The Bertz CT molecular complexity index is 552. The third kappa shape index (κ3) is 4.37. The number of ether oxygens (including phenoxy) is 2. The van der Waals surface area contributed by atoms with Gasteiger partial charge in [0.1, 0.15) is 17.3 Å². The number of halogens is 2. The van der Waals surface area contributed by atoms with Crippen LogP contribution in [0.15, 0.2) is 53.0 Å². The first-order valence-corrected chi connectivity index (χ1v) is 6.27. The number of hydrogen-bond acceptors (Lipinski definition) is 3. The van der Waals surface area contributed by atoms with E-state index in [1.54, 1.807) is 24.3 Å². The molecule has 0 fully saturated rings. The molecule has 5 heteroatoms. The lowest BCUT2D eigenvalue weighted by molar-refractivity contribution is -0.136. The van der Waals surface area contributed by atoms with Crippen molar-refractivity contribution in [2.45, 2.75) is 0 Å². The topological polar surface area (TPSA) is 35.5 Å². The van der Waals surface area contributed by atoms with Gasteiger partial charge in [0.05, 0.1) is 0 Å². The standard InChI is InChI=1S/C14H10BrFO3/c15-10-1-5-12(6-2-10)18-9-14(17)19-13-7-3-11(16)4-8-13/h1-8H,9H2. The van der Waals surface area contributed by atoms with Crippen molar-refractivity contribution in [2.75, 3.05) is 6.61 Å². The molecule has 0 saturated heterocycles. The van der Waals surface area contributed by atoms with Crippen molar-refractivity contribution in [1.29, 1.82) is 0 Å². The fraction of sp³-hybridized carbons (Fsp3) is 0.0714. The largest absolute Gasteiger partial charge is 0.482 e. The summed E-state index contributed by atoms with van der Waals surface area (Å²) < 4.78 is 23.8. The van der Waals surface area contributed by atoms with Crippen LogP contribution in [0.5, 0.6) is 11.5 Å². The maximum Gasteiger partial charge on any atom is 0.349 e. The summed E-state index contributed by atoms with van der Waals surface area (Å²) in [4.78, 5) is 11.5. The highest BCUT2D eigenvalue weighted by molar-refractivity contribution is 9.10. The minimum atomic E-state index is -0.547. The minimum absolute atomic E-state index is 0.209. The van der Waals surface area contributed by atoms with Gasteiger partial charge in [0.15, 0.2) is 6.61 Å². The van der Waals surface area contributed by atoms with E-state index in [9.17, 15) is 9.18 Å². The lowest BCUT2D eigenvalue weighted by Crippen LogP contribution is -2.17. The molecule has 0 aliphatic heterocycles. The Morgan fingerprint density at radius 1 is 1.00 bits per heavy atom. The maximum absolute atomic E-state index is 12.7. The lowest BCUT2D eigenvalue weighted by Gasteiger charge is -2.06. The van der Waals surface area contributed by atoms with E-state index in [2.05, 4.69) is 15.9 Å². The van der Waals surface area contributed by atoms with Gasteiger partial charge < -0.3 is 9.47 Å². The van der Waals surface area contributed by atoms with Crippen molar-refractivity contribution in [3.8, 4) is 11.5 Å². The molecule has 0 N–H and O–H groups in total. The van der Waals surface area contributed by atoms with E-state index in [4.69, 9.17) is 9.47 Å². The van der Waals surface area contributed by atoms with Gasteiger partial charge in [0.2, 0.25) is 0 Å². The van der Waals surface area contributed by atoms with Crippen LogP contribution in [-0.4, -0.2) is 12.6 Å². The van der Waals surface area contributed by atoms with Gasteiger partial charge in [0, 0.05) is 4.47 Å². The molecule has 0 atom stereocenters. The van der Waals surface area contributed by atoms with Crippen LogP contribution < -0.4 is 9.47 Å². The highest BCUT2D eigenvalue weighted by Gasteiger charge is 2.06. The van der Waals surface area contributed by atoms with Gasteiger partial charge in [-0.3, -0.25) is 0 Å². The predicted octanol–water partition coefficient (Wildman–Crippen LogP) is 3.57. The zero-order valence-corrected chi connectivity index (χ0v) is 11.4. The van der Waals surface area contributed by atoms with Gasteiger partial charge in [-0.25, -0.2) is 9.18 Å². The van der Waals surface area contributed by atoms with E-state index in [1.807, 2.05) is 0 Å². The predicted molar refractivity (Wildman–Crippen MR) is 71.7 cm³/mol. The third-order valence-corrected chi connectivity index (χ3v) is 2.74. The van der Waals surface area contributed by atoms with Gasteiger partial charge in [-0.05, 0) is 48.5 Å². The van der Waals surface area contributed by atoms with Crippen LogP contribution in [0.1, 0.15) is 0 Å². The molecule has 0 aliphatic rings. The molecule has 0 radical (unpaired) electrons. The van der Waals surface area contributed by atoms with Crippen LogP contribution in [0.3, 0.4) is 0 Å². The van der Waals surface area contributed by atoms with Crippen LogP contribution in [0.4, 0.5) is 4.39 Å². The normalized spacial score (nSPS) is 10.0. The van der Waals surface area contributed by atoms with E-state index >= 15 is 0 Å². The number of esters is 1. The molecule has 19 heavy (non-hydrogen) atoms. The fourth-order valence-corrected chi connectivity index (χ4v) is 1.60. The van der Waals surface area contributed by atoms with Gasteiger partial charge in [-0.15, -0.1) is 0 Å². The number of carbonyl (C=O) groups excluding carboxylic acids is 1. The highest BCUT2D eigenvalue weighted by atomic mass is 79.9. The molecule has 2 aromatic carbocycles. The average Bonchev–Trinajstić information content (AvgIpc) is 2.41. The summed E-state index contributed by atoms with van der Waals surface area (Å²) in [6.07, 6.45) is 0. The molecular formula is C14H10BrFO3. The zero-order valence-electron chi connectivity index (χ0n) is 9.81. The Labute approximate surface area is 118 Å². The van der Waals surface area contributed by atoms with Crippen molar-refractivity contribution >= 4 is 21.9 Å². The lowest BCUT2D eigenvalue weighted by atomic mass is 10.3. The van der Waals surface area contributed by atoms with Crippen LogP contribution in [-0.2, 0) is 4.79 Å². The molecule has 0 bridgehead atoms. The first-order valence-electron chi connectivity index (χ1n) is 5.48. The van der Waals surface area contributed by atoms with Crippen LogP contribution in [0.25, 0.3) is 0 Å². The van der Waals surface area contributed by atoms with Crippen LogP contribution in [0.2, 0.25) is 0 Å². The van der Waals surface area contributed by atoms with Gasteiger partial charge in [0.25, 0.3) is 0 Å². The molecule has 2 aromatic rings. The Kier molecular flexibility index (Phi) is 4.52. The summed E-state index contributed by atoms with van der Waals surface area (Å²) in [6, 6.07) is 12.3. The molecule has 0 unspecified atom stereocenters. The summed E-state index contributed by atoms with van der Waals surface area (Å²) in [5, 5.41) is 0. The summed E-state index contributed by atoms with van der Waals surface area (Å²) >= 11 is 3.30. The van der Waals surface area contributed by atoms with Crippen molar-refractivity contribution < 1.29 is 18.7 Å². The number of hydrogen-bond donors (Lipinski definition) is 0. The molecule has 98 valence electrons. The van der Waals surface area contributed by atoms with E-state index in [0.717, 1.165) is 4.47 Å². The second-order valence-corrected chi connectivity index (χ2v) is 4.59. The molecule has 2 rings (SSSR count). The van der Waals surface area contributed by atoms with Crippen LogP contribution in [0, 0.1) is 5.82 Å². The third-order valence-electron chi connectivity index (χ3n) is 2.22. The smallest absolute Gasteiger partial charge is 0.349 e. The average molecular weight is 325 g/mol. The second-order valence-electron chi connectivity index (χ2n) is 3.67. The van der Waals surface area contributed by atoms with E-state index < -0.39 is 5.97 Å². The molecule has 0 aromatic heterocycles. The van der Waals surface area contributed by atoms with Crippen LogP contribution >= 0.6 is 15.9 Å². The Hall–Kier alpha value is -1.88. The van der Waals surface area contributed by atoms with Crippen molar-refractivity contribution in [3.63, 3.8) is 0 Å². The summed E-state index contributed by atoms with van der Waals surface area (Å²) in [5.74, 6) is -0.0782. The van der Waals surface area contributed by atoms with Crippen molar-refractivity contribution in [2.24, 2.45) is 0 Å². The van der Waals surface area contributed by atoms with Gasteiger partial charge in [-0.1, -0.05) is 15.9 Å². The highest BCUT2D eigenvalue weighted by Crippen LogP contribution is 2.16. The Morgan fingerprint density at radius 3 is 2.21 bits per heavy atom. The Morgan fingerprint density at radius 2 is 1.58 bits per heavy atom. The monoisotopic (exact) mass is 324 g/mol. The zero-order chi connectivity index (χ0) is 13.7. The summed E-state index contributed by atoms with van der Waals surface area (Å²) in [5.41, 5.74) is 0. The first kappa shape index (κ1) is 13.5. The SMILES string of the molecule is O=C(COc1ccc(Br)cc1)Oc1ccc(F)cc1. The van der Waals surface area contributed by atoms with Crippen molar-refractivity contribution in [3.05, 3.63) is 58.8 Å². The first-order chi connectivity index (χ1) is 9.13. The van der Waals surface area contributed by atoms with Gasteiger partial charge in [-0.2, -0.15) is 0 Å². The fourth-order valence-electron chi connectivity index (χ4n) is 1.34. The van der Waals surface area contributed by atoms with E-state index in [-0.39, 0.29) is 18.2 Å². The number of rotatable bonds is 4. The van der Waals surface area contributed by atoms with Gasteiger partial charge >= 0.3 is 5.97 Å². The molecule has 3 nitrogen and oxygen atoms in total. The minimum Gasteiger partial charge on any atom is -0.482 e. The maximum atomic E-state index is 12.7. The molecule has 0 saturated carbocycles. The Balaban J connectivity index is 1.84. The number of benzene rings is 2. The molecule has 0 aliphatic carbocycles. The molecule has 0 spiro atoms. The summed E-state index contributed by atoms with van der Waals surface area (Å²) in [6.45, 7) is -0.209. The second kappa shape index (κ2) is 6.33. The van der Waals surface area contributed by atoms with E-state index in [1.165, 1.54) is 24.3 Å².